The van der Waals surface area contributed by atoms with Gasteiger partial charge < -0.3 is 5.32 Å². The van der Waals surface area contributed by atoms with E-state index in [-0.39, 0.29) is 5.82 Å². The molecule has 0 unspecified atom stereocenters. The number of halogens is 1. The Kier molecular flexibility index (Phi) is 2.86. The van der Waals surface area contributed by atoms with Crippen molar-refractivity contribution in [3.05, 3.63) is 29.1 Å². The van der Waals surface area contributed by atoms with Gasteiger partial charge in [0.05, 0.1) is 11.6 Å². The summed E-state index contributed by atoms with van der Waals surface area (Å²) in [5, 5.41) is 11.6. The smallest absolute Gasteiger partial charge is 0.129 e. The van der Waals surface area contributed by atoms with E-state index in [1.807, 2.05) is 13.0 Å². The lowest BCUT2D eigenvalue weighted by Gasteiger charge is -2.08. The van der Waals surface area contributed by atoms with Crippen LogP contribution in [0, 0.1) is 24.1 Å². The van der Waals surface area contributed by atoms with E-state index in [1.54, 1.807) is 13.0 Å². The molecule has 1 N–H and O–H groups in total. The summed E-state index contributed by atoms with van der Waals surface area (Å²) in [6.07, 6.45) is 0. The summed E-state index contributed by atoms with van der Waals surface area (Å²) < 4.78 is 13.2. The number of nitriles is 1. The van der Waals surface area contributed by atoms with E-state index in [0.717, 1.165) is 6.54 Å². The minimum atomic E-state index is -0.338. The van der Waals surface area contributed by atoms with Crippen molar-refractivity contribution in [1.82, 2.24) is 0 Å². The van der Waals surface area contributed by atoms with Crippen molar-refractivity contribution in [2.24, 2.45) is 0 Å². The Morgan fingerprint density at radius 2 is 2.23 bits per heavy atom. The lowest BCUT2D eigenvalue weighted by Crippen LogP contribution is -2.01. The zero-order chi connectivity index (χ0) is 9.84. The largest absolute Gasteiger partial charge is 0.385 e. The molecule has 0 aliphatic carbocycles. The fraction of sp³-hybridized carbons (Fsp3) is 0.300. The first-order chi connectivity index (χ1) is 6.19. The van der Waals surface area contributed by atoms with Gasteiger partial charge in [-0.15, -0.1) is 0 Å². The molecule has 1 aromatic carbocycles. The fourth-order valence-corrected chi connectivity index (χ4v) is 1.12. The molecular formula is C10H11FN2. The zero-order valence-electron chi connectivity index (χ0n) is 7.69. The first-order valence-corrected chi connectivity index (χ1v) is 4.13. The molecule has 2 nitrogen and oxygen atoms in total. The summed E-state index contributed by atoms with van der Waals surface area (Å²) in [4.78, 5) is 0. The van der Waals surface area contributed by atoms with Gasteiger partial charge in [0, 0.05) is 17.8 Å². The Hall–Kier alpha value is -1.56. The van der Waals surface area contributed by atoms with Gasteiger partial charge in [0.1, 0.15) is 5.82 Å². The van der Waals surface area contributed by atoms with Crippen LogP contribution >= 0.6 is 0 Å². The van der Waals surface area contributed by atoms with Crippen LogP contribution in [-0.2, 0) is 0 Å². The van der Waals surface area contributed by atoms with Gasteiger partial charge in [0.25, 0.3) is 0 Å². The van der Waals surface area contributed by atoms with Crippen LogP contribution in [-0.4, -0.2) is 6.54 Å². The number of hydrogen-bond acceptors (Lipinski definition) is 2. The van der Waals surface area contributed by atoms with Crippen LogP contribution in [0.4, 0.5) is 10.1 Å². The van der Waals surface area contributed by atoms with Gasteiger partial charge in [-0.1, -0.05) is 0 Å². The molecule has 0 heterocycles. The van der Waals surface area contributed by atoms with Gasteiger partial charge in [-0.25, -0.2) is 4.39 Å². The second-order valence-electron chi connectivity index (χ2n) is 2.77. The molecule has 0 saturated carbocycles. The van der Waals surface area contributed by atoms with Crippen molar-refractivity contribution in [3.63, 3.8) is 0 Å². The van der Waals surface area contributed by atoms with E-state index in [0.29, 0.717) is 16.8 Å². The number of hydrogen-bond donors (Lipinski definition) is 1. The third kappa shape index (κ3) is 1.97. The van der Waals surface area contributed by atoms with E-state index in [4.69, 9.17) is 5.26 Å². The van der Waals surface area contributed by atoms with Crippen LogP contribution < -0.4 is 5.32 Å². The maximum atomic E-state index is 13.2. The predicted molar refractivity (Wildman–Crippen MR) is 50.0 cm³/mol. The third-order valence-corrected chi connectivity index (χ3v) is 1.84. The molecule has 0 saturated heterocycles. The highest BCUT2D eigenvalue weighted by atomic mass is 19.1. The van der Waals surface area contributed by atoms with Crippen molar-refractivity contribution in [2.75, 3.05) is 11.9 Å². The van der Waals surface area contributed by atoms with E-state index in [2.05, 4.69) is 5.32 Å². The first-order valence-electron chi connectivity index (χ1n) is 4.13. The van der Waals surface area contributed by atoms with E-state index >= 15 is 0 Å². The standard InChI is InChI=1S/C10H11FN2/c1-3-13-10-5-8(6-12)4-9(11)7(10)2/h4-5,13H,3H2,1-2H3. The Morgan fingerprint density at radius 3 is 2.77 bits per heavy atom. The normalized spacial score (nSPS) is 9.38. The van der Waals surface area contributed by atoms with E-state index in [1.165, 1.54) is 6.07 Å². The summed E-state index contributed by atoms with van der Waals surface area (Å²) in [7, 11) is 0. The second-order valence-corrected chi connectivity index (χ2v) is 2.77. The topological polar surface area (TPSA) is 35.8 Å². The average molecular weight is 178 g/mol. The lowest BCUT2D eigenvalue weighted by atomic mass is 10.1. The number of rotatable bonds is 2. The Morgan fingerprint density at radius 1 is 1.54 bits per heavy atom. The summed E-state index contributed by atoms with van der Waals surface area (Å²) >= 11 is 0. The molecular weight excluding hydrogens is 167 g/mol. The monoisotopic (exact) mass is 178 g/mol. The van der Waals surface area contributed by atoms with Crippen molar-refractivity contribution in [3.8, 4) is 6.07 Å². The molecule has 0 spiro atoms. The molecule has 0 fully saturated rings. The van der Waals surface area contributed by atoms with Crippen LogP contribution in [0.3, 0.4) is 0 Å². The molecule has 0 aromatic heterocycles. The minimum Gasteiger partial charge on any atom is -0.385 e. The maximum Gasteiger partial charge on any atom is 0.129 e. The lowest BCUT2D eigenvalue weighted by molar-refractivity contribution is 0.618. The van der Waals surface area contributed by atoms with Gasteiger partial charge >= 0.3 is 0 Å². The van der Waals surface area contributed by atoms with E-state index in [9.17, 15) is 4.39 Å². The Bertz CT molecular complexity index is 353. The van der Waals surface area contributed by atoms with Gasteiger partial charge in [-0.3, -0.25) is 0 Å². The molecule has 0 bridgehead atoms. The van der Waals surface area contributed by atoms with Crippen molar-refractivity contribution < 1.29 is 4.39 Å². The number of nitrogens with one attached hydrogen (secondary N) is 1. The zero-order valence-corrected chi connectivity index (χ0v) is 7.69. The van der Waals surface area contributed by atoms with Crippen LogP contribution in [0.2, 0.25) is 0 Å². The summed E-state index contributed by atoms with van der Waals surface area (Å²) in [6, 6.07) is 4.81. The SMILES string of the molecule is CCNc1cc(C#N)cc(F)c1C. The fourth-order valence-electron chi connectivity index (χ4n) is 1.12. The molecule has 0 amide bonds. The Labute approximate surface area is 77.0 Å². The van der Waals surface area contributed by atoms with Crippen LogP contribution in [0.1, 0.15) is 18.1 Å². The van der Waals surface area contributed by atoms with Crippen molar-refractivity contribution >= 4 is 5.69 Å². The maximum absolute atomic E-state index is 13.2. The van der Waals surface area contributed by atoms with Crippen LogP contribution in [0.15, 0.2) is 12.1 Å². The molecule has 1 aromatic rings. The third-order valence-electron chi connectivity index (χ3n) is 1.84. The average Bonchev–Trinajstić information content (AvgIpc) is 2.13. The molecule has 0 atom stereocenters. The van der Waals surface area contributed by atoms with Crippen molar-refractivity contribution in [2.45, 2.75) is 13.8 Å². The van der Waals surface area contributed by atoms with Crippen molar-refractivity contribution in [1.29, 1.82) is 5.26 Å². The predicted octanol–water partition coefficient (Wildman–Crippen LogP) is 2.44. The molecule has 0 radical (unpaired) electrons. The number of benzene rings is 1. The van der Waals surface area contributed by atoms with E-state index < -0.39 is 0 Å². The molecule has 0 aliphatic heterocycles. The number of nitrogens with zero attached hydrogens (tertiary/aromatic N) is 1. The summed E-state index contributed by atoms with van der Waals surface area (Å²) in [5.41, 5.74) is 1.60. The highest BCUT2D eigenvalue weighted by molar-refractivity contribution is 5.55. The molecule has 0 aliphatic rings. The summed E-state index contributed by atoms with van der Waals surface area (Å²) in [5.74, 6) is -0.338. The Balaban J connectivity index is 3.18. The molecule has 13 heavy (non-hydrogen) atoms. The highest BCUT2D eigenvalue weighted by Crippen LogP contribution is 2.19. The van der Waals surface area contributed by atoms with Crippen LogP contribution in [0.25, 0.3) is 0 Å². The quantitative estimate of drug-likeness (QED) is 0.755. The molecule has 1 rings (SSSR count). The molecule has 68 valence electrons. The highest BCUT2D eigenvalue weighted by Gasteiger charge is 2.05. The van der Waals surface area contributed by atoms with Gasteiger partial charge in [-0.05, 0) is 26.0 Å². The van der Waals surface area contributed by atoms with Gasteiger partial charge in [0.2, 0.25) is 0 Å². The van der Waals surface area contributed by atoms with Crippen LogP contribution in [0.5, 0.6) is 0 Å². The number of anilines is 1. The van der Waals surface area contributed by atoms with Gasteiger partial charge in [0.15, 0.2) is 0 Å². The first kappa shape index (κ1) is 9.53. The van der Waals surface area contributed by atoms with Gasteiger partial charge in [-0.2, -0.15) is 5.26 Å². The second kappa shape index (κ2) is 3.90. The minimum absolute atomic E-state index is 0.338. The molecule has 3 heteroatoms. The summed E-state index contributed by atoms with van der Waals surface area (Å²) in [6.45, 7) is 4.33.